The Morgan fingerprint density at radius 2 is 0.808 bits per heavy atom. The van der Waals surface area contributed by atoms with E-state index >= 15 is 4.57 Å². The molecule has 10 rings (SSSR count). The number of thiophene rings is 2. The van der Waals surface area contributed by atoms with Crippen LogP contribution in [0.2, 0.25) is 0 Å². The smallest absolute Gasteiger partial charge is 0.172 e. The fraction of sp³-hybridized carbons (Fsp3) is 0. The molecule has 52 heavy (non-hydrogen) atoms. The summed E-state index contributed by atoms with van der Waals surface area (Å²) in [5, 5.41) is 7.51. The van der Waals surface area contributed by atoms with E-state index in [1.165, 1.54) is 51.5 Å². The highest BCUT2D eigenvalue weighted by molar-refractivity contribution is 7.85. The van der Waals surface area contributed by atoms with Gasteiger partial charge in [-0.2, -0.15) is 0 Å². The van der Waals surface area contributed by atoms with Crippen molar-refractivity contribution in [2.24, 2.45) is 0 Å². The monoisotopic (exact) mass is 719 g/mol. The number of fused-ring (bicyclic) bond motifs is 6. The molecular formula is C47H30NOPS2. The van der Waals surface area contributed by atoms with Gasteiger partial charge in [-0.25, -0.2) is 0 Å². The van der Waals surface area contributed by atoms with E-state index in [4.69, 9.17) is 0 Å². The van der Waals surface area contributed by atoms with Crippen LogP contribution >= 0.6 is 29.8 Å². The van der Waals surface area contributed by atoms with E-state index in [1.54, 1.807) is 6.20 Å². The van der Waals surface area contributed by atoms with Gasteiger partial charge in [0.25, 0.3) is 0 Å². The second kappa shape index (κ2) is 12.5. The molecule has 0 bridgehead atoms. The molecule has 0 atom stereocenters. The Labute approximate surface area is 309 Å². The summed E-state index contributed by atoms with van der Waals surface area (Å²) >= 11 is 3.70. The molecule has 0 amide bonds. The summed E-state index contributed by atoms with van der Waals surface area (Å²) in [6.07, 6.45) is 3.63. The van der Waals surface area contributed by atoms with Gasteiger partial charge in [-0.1, -0.05) is 115 Å². The molecule has 2 nitrogen and oxygen atoms in total. The molecule has 0 radical (unpaired) electrons. The van der Waals surface area contributed by atoms with E-state index in [2.05, 4.69) is 114 Å². The van der Waals surface area contributed by atoms with Crippen molar-refractivity contribution >= 4 is 86.1 Å². The van der Waals surface area contributed by atoms with Crippen LogP contribution in [0.25, 0.3) is 73.7 Å². The molecule has 246 valence electrons. The van der Waals surface area contributed by atoms with Crippen molar-refractivity contribution in [3.8, 4) is 33.4 Å². The Bertz CT molecular complexity index is 2960. The Morgan fingerprint density at radius 1 is 0.346 bits per heavy atom. The standard InChI is InChI=1S/C47H30NOPS2/c49-50(37-12-3-1-4-13-37,38-14-5-2-6-15-38)39-25-36(29-48-30-39)32-11-9-10-31(24-32)33-18-22-46-42(27-33)43-28-35(20-23-47(43)52-46)34-19-21-45-41(26-34)40-16-7-8-17-44(40)51-45/h1-30H. The molecule has 0 aliphatic rings. The van der Waals surface area contributed by atoms with Crippen LogP contribution < -0.4 is 15.9 Å². The minimum atomic E-state index is -3.15. The van der Waals surface area contributed by atoms with Crippen LogP contribution in [0.5, 0.6) is 0 Å². The molecule has 0 aliphatic carbocycles. The number of hydrogen-bond donors (Lipinski definition) is 0. The van der Waals surface area contributed by atoms with Crippen LogP contribution in [-0.4, -0.2) is 4.98 Å². The van der Waals surface area contributed by atoms with Gasteiger partial charge in [0.05, 0.1) is 0 Å². The summed E-state index contributed by atoms with van der Waals surface area (Å²) in [6, 6.07) is 59.5. The summed E-state index contributed by atoms with van der Waals surface area (Å²) in [5.74, 6) is 0. The average Bonchev–Trinajstić information content (AvgIpc) is 3.78. The van der Waals surface area contributed by atoms with Gasteiger partial charge in [-0.05, 0) is 82.4 Å². The molecular weight excluding hydrogens is 690 g/mol. The van der Waals surface area contributed by atoms with Crippen molar-refractivity contribution in [3.05, 3.63) is 182 Å². The zero-order valence-corrected chi connectivity index (χ0v) is 30.5. The van der Waals surface area contributed by atoms with Gasteiger partial charge in [0.2, 0.25) is 0 Å². The van der Waals surface area contributed by atoms with Gasteiger partial charge in [0.1, 0.15) is 0 Å². The summed E-state index contributed by atoms with van der Waals surface area (Å²) < 4.78 is 20.3. The van der Waals surface area contributed by atoms with Gasteiger partial charge in [0.15, 0.2) is 7.14 Å². The lowest BCUT2D eigenvalue weighted by Crippen LogP contribution is -2.25. The molecule has 0 N–H and O–H groups in total. The van der Waals surface area contributed by atoms with Crippen molar-refractivity contribution in [2.75, 3.05) is 0 Å². The third-order valence-corrected chi connectivity index (χ3v) is 15.4. The van der Waals surface area contributed by atoms with Crippen molar-refractivity contribution in [1.82, 2.24) is 4.98 Å². The molecule has 10 aromatic rings. The van der Waals surface area contributed by atoms with Crippen LogP contribution in [0.3, 0.4) is 0 Å². The molecule has 0 saturated heterocycles. The SMILES string of the molecule is O=P(c1ccccc1)(c1ccccc1)c1cncc(-c2cccc(-c3ccc4sc5ccc(-c6ccc7sc8ccccc8c7c6)cc5c4c3)c2)c1. The molecule has 0 aliphatic heterocycles. The maximum Gasteiger partial charge on any atom is 0.172 e. The van der Waals surface area contributed by atoms with Gasteiger partial charge < -0.3 is 4.57 Å². The molecule has 0 fully saturated rings. The van der Waals surface area contributed by atoms with Crippen LogP contribution in [-0.2, 0) is 4.57 Å². The molecule has 5 heteroatoms. The van der Waals surface area contributed by atoms with Crippen LogP contribution in [0.15, 0.2) is 182 Å². The third-order valence-electron chi connectivity index (χ3n) is 10.0. The highest BCUT2D eigenvalue weighted by Crippen LogP contribution is 2.44. The Hall–Kier alpha value is -5.64. The lowest BCUT2D eigenvalue weighted by molar-refractivity contribution is 0.592. The van der Waals surface area contributed by atoms with Crippen molar-refractivity contribution in [3.63, 3.8) is 0 Å². The van der Waals surface area contributed by atoms with E-state index in [0.717, 1.165) is 38.2 Å². The Kier molecular flexibility index (Phi) is 7.51. The molecule has 3 heterocycles. The van der Waals surface area contributed by atoms with Crippen LogP contribution in [0.1, 0.15) is 0 Å². The van der Waals surface area contributed by atoms with Gasteiger partial charge in [-0.15, -0.1) is 22.7 Å². The van der Waals surface area contributed by atoms with Crippen molar-refractivity contribution in [2.45, 2.75) is 0 Å². The first-order chi connectivity index (χ1) is 25.6. The van der Waals surface area contributed by atoms with Gasteiger partial charge in [-0.3, -0.25) is 4.98 Å². The second-order valence-corrected chi connectivity index (χ2v) is 18.1. The summed E-state index contributed by atoms with van der Waals surface area (Å²) in [7, 11) is -3.15. The molecule has 7 aromatic carbocycles. The second-order valence-electron chi connectivity index (χ2n) is 13.1. The maximum atomic E-state index is 15.1. The number of pyridine rings is 1. The predicted octanol–water partition coefficient (Wildman–Crippen LogP) is 12.5. The zero-order valence-electron chi connectivity index (χ0n) is 27.9. The molecule has 0 unspecified atom stereocenters. The molecule has 0 spiro atoms. The van der Waals surface area contributed by atoms with Gasteiger partial charge >= 0.3 is 0 Å². The fourth-order valence-corrected chi connectivity index (χ4v) is 12.2. The summed E-state index contributed by atoms with van der Waals surface area (Å²) in [4.78, 5) is 4.64. The molecule has 0 saturated carbocycles. The van der Waals surface area contributed by atoms with Crippen molar-refractivity contribution in [1.29, 1.82) is 0 Å². The fourth-order valence-electron chi connectivity index (χ4n) is 7.40. The number of nitrogens with zero attached hydrogens (tertiary/aromatic N) is 1. The largest absolute Gasteiger partial charge is 0.309 e. The Morgan fingerprint density at radius 3 is 1.38 bits per heavy atom. The van der Waals surface area contributed by atoms with Crippen molar-refractivity contribution < 1.29 is 4.57 Å². The summed E-state index contributed by atoms with van der Waals surface area (Å²) in [5.41, 5.74) is 6.73. The lowest BCUT2D eigenvalue weighted by atomic mass is 9.97. The van der Waals surface area contributed by atoms with Gasteiger partial charge in [0, 0.05) is 74.2 Å². The zero-order chi connectivity index (χ0) is 34.6. The van der Waals surface area contributed by atoms with E-state index in [-0.39, 0.29) is 0 Å². The number of rotatable bonds is 6. The van der Waals surface area contributed by atoms with E-state index in [1.807, 2.05) is 89.5 Å². The lowest BCUT2D eigenvalue weighted by Gasteiger charge is -2.20. The molecule has 3 aromatic heterocycles. The number of hydrogen-bond acceptors (Lipinski definition) is 4. The first-order valence-corrected chi connectivity index (χ1v) is 20.6. The van der Waals surface area contributed by atoms with Crippen LogP contribution in [0, 0.1) is 0 Å². The third kappa shape index (κ3) is 5.22. The predicted molar refractivity (Wildman–Crippen MR) is 226 cm³/mol. The normalized spacial score (nSPS) is 11.9. The first kappa shape index (κ1) is 31.1. The topological polar surface area (TPSA) is 30.0 Å². The highest BCUT2D eigenvalue weighted by Gasteiger charge is 2.30. The van der Waals surface area contributed by atoms with E-state index < -0.39 is 7.14 Å². The minimum absolute atomic E-state index is 0.723. The van der Waals surface area contributed by atoms with Crippen LogP contribution in [0.4, 0.5) is 0 Å². The Balaban J connectivity index is 1.04. The van der Waals surface area contributed by atoms with E-state index in [9.17, 15) is 0 Å². The highest BCUT2D eigenvalue weighted by atomic mass is 32.1. The quantitative estimate of drug-likeness (QED) is 0.160. The minimum Gasteiger partial charge on any atom is -0.309 e. The number of aromatic nitrogens is 1. The van der Waals surface area contributed by atoms with E-state index in [0.29, 0.717) is 0 Å². The maximum absolute atomic E-state index is 15.1. The first-order valence-electron chi connectivity index (χ1n) is 17.3. The summed E-state index contributed by atoms with van der Waals surface area (Å²) in [6.45, 7) is 0. The number of benzene rings is 7. The average molecular weight is 720 g/mol.